The number of aromatic nitrogens is 4. The van der Waals surface area contributed by atoms with Gasteiger partial charge in [0, 0.05) is 38.7 Å². The molecule has 0 unspecified atom stereocenters. The Bertz CT molecular complexity index is 645. The van der Waals surface area contributed by atoms with Crippen molar-refractivity contribution in [3.8, 4) is 0 Å². The van der Waals surface area contributed by atoms with Crippen LogP contribution in [0.3, 0.4) is 0 Å². The van der Waals surface area contributed by atoms with Crippen LogP contribution in [0.25, 0.3) is 0 Å². The average molecular weight is 249 g/mol. The van der Waals surface area contributed by atoms with Crippen LogP contribution < -0.4 is 17.0 Å². The Morgan fingerprint density at radius 2 is 2.06 bits per heavy atom. The maximum absolute atomic E-state index is 11.8. The zero-order valence-corrected chi connectivity index (χ0v) is 10.3. The maximum Gasteiger partial charge on any atom is 0.330 e. The Hall–Kier alpha value is -2.31. The van der Waals surface area contributed by atoms with Crippen molar-refractivity contribution in [2.75, 3.05) is 5.73 Å². The number of imidazole rings is 1. The molecule has 0 aromatic carbocycles. The van der Waals surface area contributed by atoms with Gasteiger partial charge in [-0.1, -0.05) is 0 Å². The third-order valence-electron chi connectivity index (χ3n) is 2.85. The molecule has 0 amide bonds. The van der Waals surface area contributed by atoms with Crippen LogP contribution in [0, 0.1) is 6.92 Å². The van der Waals surface area contributed by atoms with E-state index in [1.54, 1.807) is 19.4 Å². The van der Waals surface area contributed by atoms with E-state index >= 15 is 0 Å². The van der Waals surface area contributed by atoms with Gasteiger partial charge in [-0.2, -0.15) is 0 Å². The highest BCUT2D eigenvalue weighted by Crippen LogP contribution is 1.95. The number of aryl methyl sites for hydroxylation is 3. The molecule has 0 aliphatic rings. The second-order valence-corrected chi connectivity index (χ2v) is 4.10. The first-order chi connectivity index (χ1) is 8.50. The summed E-state index contributed by atoms with van der Waals surface area (Å²) in [6.07, 6.45) is 4.82. The predicted molar refractivity (Wildman–Crippen MR) is 67.3 cm³/mol. The van der Waals surface area contributed by atoms with Crippen molar-refractivity contribution in [1.82, 2.24) is 18.7 Å². The topological polar surface area (TPSA) is 87.8 Å². The largest absolute Gasteiger partial charge is 0.393 e. The molecule has 0 fully saturated rings. The Kier molecular flexibility index (Phi) is 3.05. The van der Waals surface area contributed by atoms with E-state index in [1.165, 1.54) is 10.8 Å². The van der Waals surface area contributed by atoms with E-state index in [0.717, 1.165) is 10.4 Å². The first-order valence-corrected chi connectivity index (χ1v) is 5.54. The molecule has 2 heterocycles. The molecule has 0 aliphatic heterocycles. The van der Waals surface area contributed by atoms with Gasteiger partial charge >= 0.3 is 5.69 Å². The van der Waals surface area contributed by atoms with Crippen molar-refractivity contribution in [1.29, 1.82) is 0 Å². The van der Waals surface area contributed by atoms with Crippen LogP contribution in [0.1, 0.15) is 5.82 Å². The van der Waals surface area contributed by atoms with Gasteiger partial charge in [0.05, 0.1) is 0 Å². The van der Waals surface area contributed by atoms with Gasteiger partial charge in [-0.05, 0) is 6.92 Å². The highest BCUT2D eigenvalue weighted by atomic mass is 16.2. The van der Waals surface area contributed by atoms with E-state index in [2.05, 4.69) is 4.98 Å². The number of anilines is 1. The minimum absolute atomic E-state index is 0.0689. The van der Waals surface area contributed by atoms with Gasteiger partial charge in [-0.15, -0.1) is 0 Å². The Morgan fingerprint density at radius 1 is 1.33 bits per heavy atom. The molecule has 96 valence electrons. The predicted octanol–water partition coefficient (Wildman–Crippen LogP) is -0.666. The van der Waals surface area contributed by atoms with Gasteiger partial charge in [0.1, 0.15) is 11.5 Å². The molecule has 0 bridgehead atoms. The van der Waals surface area contributed by atoms with Crippen molar-refractivity contribution >= 4 is 5.69 Å². The van der Waals surface area contributed by atoms with E-state index in [0.29, 0.717) is 6.54 Å². The lowest BCUT2D eigenvalue weighted by atomic mass is 10.5. The normalized spacial score (nSPS) is 10.8. The Morgan fingerprint density at radius 3 is 2.67 bits per heavy atom. The highest BCUT2D eigenvalue weighted by molar-refractivity contribution is 5.30. The molecule has 0 radical (unpaired) electrons. The smallest absolute Gasteiger partial charge is 0.330 e. The van der Waals surface area contributed by atoms with E-state index < -0.39 is 5.56 Å². The molecule has 0 spiro atoms. The minimum Gasteiger partial charge on any atom is -0.393 e. The zero-order valence-electron chi connectivity index (χ0n) is 10.3. The molecule has 7 nitrogen and oxygen atoms in total. The molecule has 0 saturated carbocycles. The molecular weight excluding hydrogens is 234 g/mol. The summed E-state index contributed by atoms with van der Waals surface area (Å²) in [5.74, 6) is 0.837. The van der Waals surface area contributed by atoms with Crippen molar-refractivity contribution in [3.63, 3.8) is 0 Å². The summed E-state index contributed by atoms with van der Waals surface area (Å²) < 4.78 is 4.31. The summed E-state index contributed by atoms with van der Waals surface area (Å²) in [6.45, 7) is 2.64. The van der Waals surface area contributed by atoms with Gasteiger partial charge in [-0.25, -0.2) is 9.78 Å². The fraction of sp³-hybridized carbons (Fsp3) is 0.364. The van der Waals surface area contributed by atoms with Crippen LogP contribution in [0.2, 0.25) is 0 Å². The van der Waals surface area contributed by atoms with Crippen molar-refractivity contribution < 1.29 is 0 Å². The maximum atomic E-state index is 11.8. The van der Waals surface area contributed by atoms with E-state index in [1.807, 2.05) is 11.5 Å². The van der Waals surface area contributed by atoms with Crippen LogP contribution in [-0.2, 0) is 20.1 Å². The third-order valence-corrected chi connectivity index (χ3v) is 2.85. The second kappa shape index (κ2) is 4.52. The Balaban J connectivity index is 2.33. The molecule has 0 saturated heterocycles. The molecular formula is C11H15N5O2. The summed E-state index contributed by atoms with van der Waals surface area (Å²) >= 11 is 0. The summed E-state index contributed by atoms with van der Waals surface area (Å²) in [4.78, 5) is 27.7. The molecule has 2 rings (SSSR count). The fourth-order valence-electron chi connectivity index (χ4n) is 1.80. The van der Waals surface area contributed by atoms with Gasteiger partial charge < -0.3 is 14.9 Å². The van der Waals surface area contributed by atoms with E-state index in [-0.39, 0.29) is 17.9 Å². The van der Waals surface area contributed by atoms with Gasteiger partial charge in [0.2, 0.25) is 0 Å². The van der Waals surface area contributed by atoms with Gasteiger partial charge in [0.25, 0.3) is 5.56 Å². The van der Waals surface area contributed by atoms with Crippen LogP contribution in [-0.4, -0.2) is 18.7 Å². The third kappa shape index (κ3) is 2.06. The van der Waals surface area contributed by atoms with Crippen LogP contribution >= 0.6 is 0 Å². The summed E-state index contributed by atoms with van der Waals surface area (Å²) in [6, 6.07) is 0. The second-order valence-electron chi connectivity index (χ2n) is 4.10. The first-order valence-electron chi connectivity index (χ1n) is 5.54. The number of nitrogens with two attached hydrogens (primary N) is 1. The Labute approximate surface area is 103 Å². The average Bonchev–Trinajstić information content (AvgIpc) is 2.73. The monoisotopic (exact) mass is 249 g/mol. The van der Waals surface area contributed by atoms with Crippen molar-refractivity contribution in [3.05, 3.63) is 45.3 Å². The van der Waals surface area contributed by atoms with E-state index in [4.69, 9.17) is 5.73 Å². The summed E-state index contributed by atoms with van der Waals surface area (Å²) in [5, 5.41) is 0. The molecule has 2 N–H and O–H groups in total. The molecule has 2 aromatic rings. The molecule has 18 heavy (non-hydrogen) atoms. The zero-order chi connectivity index (χ0) is 13.3. The molecule has 0 aliphatic carbocycles. The molecule has 7 heteroatoms. The number of nitrogen functional groups attached to an aromatic ring is 1. The van der Waals surface area contributed by atoms with E-state index in [9.17, 15) is 9.59 Å². The molecule has 0 atom stereocenters. The lowest BCUT2D eigenvalue weighted by Crippen LogP contribution is -2.40. The fourth-order valence-corrected chi connectivity index (χ4v) is 1.80. The quantitative estimate of drug-likeness (QED) is 0.781. The van der Waals surface area contributed by atoms with Crippen molar-refractivity contribution in [2.24, 2.45) is 7.05 Å². The summed E-state index contributed by atoms with van der Waals surface area (Å²) in [7, 11) is 1.57. The molecule has 2 aromatic heterocycles. The van der Waals surface area contributed by atoms with Crippen LogP contribution in [0.4, 0.5) is 5.69 Å². The number of hydrogen-bond donors (Lipinski definition) is 1. The van der Waals surface area contributed by atoms with Gasteiger partial charge in [0.15, 0.2) is 0 Å². The summed E-state index contributed by atoms with van der Waals surface area (Å²) in [5.41, 5.74) is 4.81. The van der Waals surface area contributed by atoms with Gasteiger partial charge in [-0.3, -0.25) is 9.36 Å². The minimum atomic E-state index is -0.448. The number of rotatable bonds is 3. The first kappa shape index (κ1) is 12.2. The highest BCUT2D eigenvalue weighted by Gasteiger charge is 2.07. The lowest BCUT2D eigenvalue weighted by Gasteiger charge is -2.09. The lowest BCUT2D eigenvalue weighted by molar-refractivity contribution is 0.520. The number of hydrogen-bond acceptors (Lipinski definition) is 4. The number of nitrogens with zero attached hydrogens (tertiary/aromatic N) is 4. The van der Waals surface area contributed by atoms with Crippen LogP contribution in [0.5, 0.6) is 0 Å². The van der Waals surface area contributed by atoms with Crippen molar-refractivity contribution in [2.45, 2.75) is 20.0 Å². The van der Waals surface area contributed by atoms with Crippen LogP contribution in [0.15, 0.2) is 28.2 Å². The standard InChI is InChI=1S/C11H15N5O2/c1-8-13-3-4-15(8)5-6-16-10(17)9(12)7-14(2)11(16)18/h3-4,7H,5-6,12H2,1-2H3. The SMILES string of the molecule is Cc1nccn1CCn1c(=O)c(N)cn(C)c1=O.